The molecule has 2 heterocycles. The highest BCUT2D eigenvalue weighted by Gasteiger charge is 2.17. The van der Waals surface area contributed by atoms with E-state index in [2.05, 4.69) is 4.98 Å². The minimum Gasteiger partial charge on any atom is -0.480 e. The topological polar surface area (TPSA) is 80.6 Å². The van der Waals surface area contributed by atoms with Crippen LogP contribution in [0.3, 0.4) is 0 Å². The lowest BCUT2D eigenvalue weighted by Crippen LogP contribution is -2.32. The van der Waals surface area contributed by atoms with Crippen molar-refractivity contribution >= 4 is 11.6 Å². The number of carboxylic acids is 1. The van der Waals surface area contributed by atoms with Gasteiger partial charge in [-0.1, -0.05) is 30.3 Å². The smallest absolute Gasteiger partial charge is 0.320 e. The van der Waals surface area contributed by atoms with Crippen LogP contribution in [0.1, 0.15) is 11.4 Å². The lowest BCUT2D eigenvalue weighted by Gasteiger charge is -2.09. The number of carbonyl (C=O) groups is 1. The van der Waals surface area contributed by atoms with Crippen molar-refractivity contribution in [1.82, 2.24) is 9.38 Å². The summed E-state index contributed by atoms with van der Waals surface area (Å²) < 4.78 is 1.93. The fraction of sp³-hybridized carbons (Fsp3) is 0.176. The normalized spacial score (nSPS) is 12.5. The summed E-state index contributed by atoms with van der Waals surface area (Å²) >= 11 is 0. The number of nitrogens with two attached hydrogens (primary N) is 1. The lowest BCUT2D eigenvalue weighted by atomic mass is 10.1. The molecular weight excluding hydrogens is 278 g/mol. The van der Waals surface area contributed by atoms with E-state index in [1.807, 2.05) is 60.0 Å². The Hall–Kier alpha value is -2.66. The highest BCUT2D eigenvalue weighted by Crippen LogP contribution is 2.22. The first-order valence-corrected chi connectivity index (χ1v) is 7.07. The Labute approximate surface area is 128 Å². The average molecular weight is 295 g/mol. The molecule has 1 atom stereocenters. The van der Waals surface area contributed by atoms with Crippen LogP contribution in [-0.2, 0) is 11.2 Å². The summed E-state index contributed by atoms with van der Waals surface area (Å²) in [6, 6.07) is 13.0. The molecule has 0 bridgehead atoms. The van der Waals surface area contributed by atoms with Crippen molar-refractivity contribution in [1.29, 1.82) is 0 Å². The second-order valence-electron chi connectivity index (χ2n) is 5.30. The van der Waals surface area contributed by atoms with Crippen LogP contribution in [0.4, 0.5) is 0 Å². The summed E-state index contributed by atoms with van der Waals surface area (Å²) in [5.41, 5.74) is 10.3. The molecule has 0 spiro atoms. The predicted molar refractivity (Wildman–Crippen MR) is 84.7 cm³/mol. The number of imidazole rings is 1. The summed E-state index contributed by atoms with van der Waals surface area (Å²) in [5, 5.41) is 9.02. The van der Waals surface area contributed by atoms with Crippen molar-refractivity contribution in [3.05, 3.63) is 60.0 Å². The Morgan fingerprint density at radius 3 is 2.64 bits per heavy atom. The zero-order valence-corrected chi connectivity index (χ0v) is 12.2. The fourth-order valence-corrected chi connectivity index (χ4v) is 2.55. The predicted octanol–water partition coefficient (Wildman–Crippen LogP) is 2.26. The van der Waals surface area contributed by atoms with Gasteiger partial charge < -0.3 is 15.2 Å². The number of aryl methyl sites for hydroxylation is 1. The number of aliphatic carboxylic acids is 1. The van der Waals surface area contributed by atoms with E-state index in [9.17, 15) is 4.79 Å². The summed E-state index contributed by atoms with van der Waals surface area (Å²) in [7, 11) is 0. The van der Waals surface area contributed by atoms with Gasteiger partial charge in [-0.3, -0.25) is 4.79 Å². The average Bonchev–Trinajstić information content (AvgIpc) is 2.83. The lowest BCUT2D eigenvalue weighted by molar-refractivity contribution is -0.138. The zero-order chi connectivity index (χ0) is 15.7. The highest BCUT2D eigenvalue weighted by atomic mass is 16.4. The second-order valence-corrected chi connectivity index (χ2v) is 5.30. The Balaban J connectivity index is 2.09. The molecule has 0 saturated carbocycles. The number of carboxylic acid groups (broad SMARTS) is 1. The molecule has 0 aliphatic heterocycles. The monoisotopic (exact) mass is 295 g/mol. The summed E-state index contributed by atoms with van der Waals surface area (Å²) in [6.07, 6.45) is 2.23. The van der Waals surface area contributed by atoms with Crippen molar-refractivity contribution in [2.45, 2.75) is 19.4 Å². The number of benzene rings is 1. The molecule has 1 unspecified atom stereocenters. The van der Waals surface area contributed by atoms with E-state index in [0.717, 1.165) is 28.2 Å². The molecule has 0 aliphatic rings. The molecule has 3 aromatic rings. The van der Waals surface area contributed by atoms with Crippen LogP contribution in [0.25, 0.3) is 16.8 Å². The maximum absolute atomic E-state index is 11.0. The molecule has 3 rings (SSSR count). The van der Waals surface area contributed by atoms with Gasteiger partial charge in [0.15, 0.2) is 0 Å². The van der Waals surface area contributed by atoms with E-state index >= 15 is 0 Å². The van der Waals surface area contributed by atoms with Crippen LogP contribution in [0, 0.1) is 6.92 Å². The molecule has 0 saturated heterocycles. The Kier molecular flexibility index (Phi) is 3.65. The number of nitrogens with zero attached hydrogens (tertiary/aromatic N) is 2. The number of pyridine rings is 1. The Morgan fingerprint density at radius 2 is 1.95 bits per heavy atom. The molecule has 5 nitrogen and oxygen atoms in total. The number of aromatic nitrogens is 2. The first-order chi connectivity index (χ1) is 10.6. The van der Waals surface area contributed by atoms with Crippen LogP contribution in [-0.4, -0.2) is 26.5 Å². The van der Waals surface area contributed by atoms with Gasteiger partial charge in [0, 0.05) is 18.3 Å². The number of fused-ring (bicyclic) bond motifs is 1. The summed E-state index contributed by atoms with van der Waals surface area (Å²) in [6.45, 7) is 1.87. The first kappa shape index (κ1) is 14.3. The van der Waals surface area contributed by atoms with Crippen molar-refractivity contribution in [2.24, 2.45) is 5.73 Å². The molecule has 2 aromatic heterocycles. The van der Waals surface area contributed by atoms with Gasteiger partial charge >= 0.3 is 5.97 Å². The third-order valence-electron chi connectivity index (χ3n) is 3.76. The van der Waals surface area contributed by atoms with E-state index < -0.39 is 12.0 Å². The first-order valence-electron chi connectivity index (χ1n) is 7.07. The van der Waals surface area contributed by atoms with Crippen LogP contribution in [0.15, 0.2) is 48.7 Å². The quantitative estimate of drug-likeness (QED) is 0.773. The number of rotatable bonds is 4. The molecule has 0 fully saturated rings. The SMILES string of the molecule is Cc1nc2ccc(-c3ccccc3)cn2c1CC(N)C(=O)O. The van der Waals surface area contributed by atoms with Crippen LogP contribution < -0.4 is 5.73 Å². The van der Waals surface area contributed by atoms with E-state index in [0.29, 0.717) is 0 Å². The van der Waals surface area contributed by atoms with Crippen LogP contribution in [0.2, 0.25) is 0 Å². The van der Waals surface area contributed by atoms with Gasteiger partial charge in [-0.05, 0) is 30.2 Å². The number of hydrogen-bond donors (Lipinski definition) is 2. The molecule has 0 amide bonds. The molecule has 3 N–H and O–H groups in total. The standard InChI is InChI=1S/C17H17N3O2/c1-11-15(9-14(18)17(21)22)20-10-13(7-8-16(20)19-11)12-5-3-2-4-6-12/h2-8,10,14H,9,18H2,1H3,(H,21,22). The third-order valence-corrected chi connectivity index (χ3v) is 3.76. The van der Waals surface area contributed by atoms with Gasteiger partial charge in [0.1, 0.15) is 11.7 Å². The molecular formula is C17H17N3O2. The maximum atomic E-state index is 11.0. The minimum absolute atomic E-state index is 0.251. The van der Waals surface area contributed by atoms with Crippen molar-refractivity contribution in [2.75, 3.05) is 0 Å². The molecule has 0 radical (unpaired) electrons. The summed E-state index contributed by atoms with van der Waals surface area (Å²) in [4.78, 5) is 15.5. The molecule has 112 valence electrons. The number of hydrogen-bond acceptors (Lipinski definition) is 3. The second kappa shape index (κ2) is 5.61. The van der Waals surface area contributed by atoms with E-state index in [4.69, 9.17) is 10.8 Å². The van der Waals surface area contributed by atoms with Gasteiger partial charge in [-0.2, -0.15) is 0 Å². The van der Waals surface area contributed by atoms with Crippen molar-refractivity contribution in [3.63, 3.8) is 0 Å². The van der Waals surface area contributed by atoms with Gasteiger partial charge in [-0.15, -0.1) is 0 Å². The van der Waals surface area contributed by atoms with Gasteiger partial charge in [0.05, 0.1) is 5.69 Å². The minimum atomic E-state index is -1.01. The van der Waals surface area contributed by atoms with Gasteiger partial charge in [0.25, 0.3) is 0 Å². The Morgan fingerprint density at radius 1 is 1.23 bits per heavy atom. The molecule has 5 heteroatoms. The summed E-state index contributed by atoms with van der Waals surface area (Å²) in [5.74, 6) is -1.01. The fourth-order valence-electron chi connectivity index (χ4n) is 2.55. The highest BCUT2D eigenvalue weighted by molar-refractivity contribution is 5.73. The van der Waals surface area contributed by atoms with Gasteiger partial charge in [0.2, 0.25) is 0 Å². The van der Waals surface area contributed by atoms with Crippen LogP contribution in [0.5, 0.6) is 0 Å². The van der Waals surface area contributed by atoms with Gasteiger partial charge in [-0.25, -0.2) is 4.98 Å². The van der Waals surface area contributed by atoms with Crippen molar-refractivity contribution < 1.29 is 9.90 Å². The van der Waals surface area contributed by atoms with E-state index in [1.165, 1.54) is 0 Å². The zero-order valence-electron chi connectivity index (χ0n) is 12.2. The molecule has 1 aromatic carbocycles. The molecule has 22 heavy (non-hydrogen) atoms. The largest absolute Gasteiger partial charge is 0.480 e. The third kappa shape index (κ3) is 2.58. The molecule has 0 aliphatic carbocycles. The van der Waals surface area contributed by atoms with Crippen LogP contribution >= 0.6 is 0 Å². The van der Waals surface area contributed by atoms with E-state index in [1.54, 1.807) is 0 Å². The van der Waals surface area contributed by atoms with Crippen molar-refractivity contribution in [3.8, 4) is 11.1 Å². The van der Waals surface area contributed by atoms with E-state index in [-0.39, 0.29) is 6.42 Å². The Bertz CT molecular complexity index is 825. The maximum Gasteiger partial charge on any atom is 0.320 e.